The van der Waals surface area contributed by atoms with Gasteiger partial charge >= 0.3 is 13.3 Å². The minimum atomic E-state index is -3.34. The number of hydrogen-bond donors (Lipinski definition) is 2. The normalized spacial score (nSPS) is 33.6. The van der Waals surface area contributed by atoms with Gasteiger partial charge in [0.2, 0.25) is 0 Å². The molecule has 12 heteroatoms. The molecule has 30 heavy (non-hydrogen) atoms. The van der Waals surface area contributed by atoms with Crippen LogP contribution in [0.25, 0.3) is 0 Å². The zero-order chi connectivity index (χ0) is 22.1. The molecule has 11 nitrogen and oxygen atoms in total. The Bertz CT molecular complexity index is 902. The number of rotatable bonds is 8. The molecule has 0 aliphatic carbocycles. The number of hydrogen-bond acceptors (Lipinski definition) is 9. The molecule has 170 valence electrons. The van der Waals surface area contributed by atoms with E-state index in [-0.39, 0.29) is 37.8 Å². The molecule has 2 aliphatic rings. The van der Waals surface area contributed by atoms with E-state index < -0.39 is 37.3 Å². The Hall–Kier alpha value is -1.33. The van der Waals surface area contributed by atoms with Crippen LogP contribution in [0, 0.1) is 12.8 Å². The molecule has 2 fully saturated rings. The number of aromatic amines is 1. The molecule has 7 atom stereocenters. The Morgan fingerprint density at radius 1 is 1.23 bits per heavy atom. The lowest BCUT2D eigenvalue weighted by Gasteiger charge is -2.22. The van der Waals surface area contributed by atoms with E-state index >= 15 is 0 Å². The van der Waals surface area contributed by atoms with Crippen LogP contribution in [0.5, 0.6) is 0 Å². The molecule has 2 saturated heterocycles. The number of nitrogens with one attached hydrogen (secondary N) is 1. The molecule has 0 aromatic carbocycles. The van der Waals surface area contributed by atoms with Crippen LogP contribution in [0.1, 0.15) is 38.5 Å². The van der Waals surface area contributed by atoms with Gasteiger partial charge in [0.15, 0.2) is 0 Å². The van der Waals surface area contributed by atoms with E-state index in [1.54, 1.807) is 6.92 Å². The van der Waals surface area contributed by atoms with E-state index in [1.807, 2.05) is 13.8 Å². The van der Waals surface area contributed by atoms with Crippen molar-refractivity contribution in [3.63, 3.8) is 0 Å². The molecule has 1 aromatic rings. The molecular weight excluding hydrogens is 417 g/mol. The molecule has 3 heterocycles. The van der Waals surface area contributed by atoms with Crippen molar-refractivity contribution in [2.75, 3.05) is 19.9 Å². The first-order chi connectivity index (χ1) is 14.1. The van der Waals surface area contributed by atoms with Crippen LogP contribution in [-0.2, 0) is 27.9 Å². The largest absolute Gasteiger partial charge is 0.375 e. The maximum absolute atomic E-state index is 12.7. The predicted octanol–water partition coefficient (Wildman–Crippen LogP) is 1.06. The minimum Gasteiger partial charge on any atom is -0.375 e. The van der Waals surface area contributed by atoms with Gasteiger partial charge < -0.3 is 18.5 Å². The van der Waals surface area contributed by atoms with Crippen molar-refractivity contribution in [2.45, 2.75) is 64.3 Å². The molecule has 3 N–H and O–H groups in total. The van der Waals surface area contributed by atoms with Crippen LogP contribution >= 0.6 is 7.60 Å². The third-order valence-corrected chi connectivity index (χ3v) is 6.79. The SMILES string of the molecule is Cc1cn([C@H]2C[C@@H](ON)[C@@H](COP(C)(=O)OC[C@@H]3CC(C)OC3C)O2)c(=O)[nH]c1=O. The van der Waals surface area contributed by atoms with E-state index in [0.29, 0.717) is 5.56 Å². The van der Waals surface area contributed by atoms with Gasteiger partial charge in [0.25, 0.3) is 5.56 Å². The first kappa shape index (κ1) is 23.3. The summed E-state index contributed by atoms with van der Waals surface area (Å²) in [5.41, 5.74) is -0.685. The molecule has 0 radical (unpaired) electrons. The summed E-state index contributed by atoms with van der Waals surface area (Å²) in [6, 6.07) is 0. The summed E-state index contributed by atoms with van der Waals surface area (Å²) in [6.45, 7) is 7.14. The number of H-pyrrole nitrogens is 1. The third-order valence-electron chi connectivity index (χ3n) is 5.55. The summed E-state index contributed by atoms with van der Waals surface area (Å²) in [7, 11) is -3.34. The summed E-state index contributed by atoms with van der Waals surface area (Å²) in [5.74, 6) is 5.52. The van der Waals surface area contributed by atoms with E-state index in [4.69, 9.17) is 29.3 Å². The zero-order valence-electron chi connectivity index (χ0n) is 17.6. The average Bonchev–Trinajstić information content (AvgIpc) is 3.23. The Morgan fingerprint density at radius 3 is 2.57 bits per heavy atom. The van der Waals surface area contributed by atoms with Crippen LogP contribution in [0.4, 0.5) is 0 Å². The average molecular weight is 447 g/mol. The molecule has 0 spiro atoms. The monoisotopic (exact) mass is 447 g/mol. The lowest BCUT2D eigenvalue weighted by atomic mass is 10.0. The van der Waals surface area contributed by atoms with Gasteiger partial charge in [-0.15, -0.1) is 0 Å². The summed E-state index contributed by atoms with van der Waals surface area (Å²) in [6.07, 6.45) is 0.755. The van der Waals surface area contributed by atoms with Gasteiger partial charge in [0, 0.05) is 30.8 Å². The first-order valence-electron chi connectivity index (χ1n) is 9.94. The van der Waals surface area contributed by atoms with Crippen molar-refractivity contribution < 1.29 is 27.9 Å². The van der Waals surface area contributed by atoms with E-state index in [1.165, 1.54) is 17.4 Å². The van der Waals surface area contributed by atoms with Crippen molar-refractivity contribution in [3.8, 4) is 0 Å². The topological polar surface area (TPSA) is 144 Å². The molecule has 3 rings (SSSR count). The summed E-state index contributed by atoms with van der Waals surface area (Å²) >= 11 is 0. The highest BCUT2D eigenvalue weighted by atomic mass is 31.2. The van der Waals surface area contributed by atoms with Crippen LogP contribution in [-0.4, -0.2) is 53.8 Å². The third kappa shape index (κ3) is 5.47. The number of nitrogens with two attached hydrogens (primary N) is 1. The van der Waals surface area contributed by atoms with Gasteiger partial charge in [-0.2, -0.15) is 0 Å². The number of nitrogens with zero attached hydrogens (tertiary/aromatic N) is 1. The van der Waals surface area contributed by atoms with Gasteiger partial charge in [-0.1, -0.05) is 0 Å². The van der Waals surface area contributed by atoms with E-state index in [9.17, 15) is 14.2 Å². The van der Waals surface area contributed by atoms with Gasteiger partial charge in [-0.3, -0.25) is 23.7 Å². The highest BCUT2D eigenvalue weighted by Crippen LogP contribution is 2.46. The zero-order valence-corrected chi connectivity index (χ0v) is 18.5. The predicted molar refractivity (Wildman–Crippen MR) is 107 cm³/mol. The van der Waals surface area contributed by atoms with Crippen LogP contribution in [0.15, 0.2) is 15.8 Å². The minimum absolute atomic E-state index is 0.0352. The standard InChI is InChI=1S/C18H30N3O8P/c1-10-7-21(18(23)20-17(10)22)16-6-14(29-19)15(28-16)9-26-30(4,24)25-8-13-5-11(2)27-12(13)3/h7,11-16H,5-6,8-9,19H2,1-4H3,(H,20,22,23)/t11?,12?,13-,14+,15+,16+,30?/m0/s1. The quantitative estimate of drug-likeness (QED) is 0.441. The van der Waals surface area contributed by atoms with Crippen molar-refractivity contribution in [1.82, 2.24) is 9.55 Å². The van der Waals surface area contributed by atoms with Gasteiger partial charge in [0.1, 0.15) is 18.4 Å². The van der Waals surface area contributed by atoms with Gasteiger partial charge in [-0.25, -0.2) is 10.7 Å². The lowest BCUT2D eigenvalue weighted by molar-refractivity contribution is -0.0605. The summed E-state index contributed by atoms with van der Waals surface area (Å²) in [5, 5.41) is 0. The molecule has 0 bridgehead atoms. The smallest absolute Gasteiger partial charge is 0.330 e. The molecule has 0 amide bonds. The second-order valence-corrected chi connectivity index (χ2v) is 10.1. The molecule has 2 aliphatic heterocycles. The lowest BCUT2D eigenvalue weighted by Crippen LogP contribution is -2.33. The Kier molecular flexibility index (Phi) is 7.34. The van der Waals surface area contributed by atoms with Crippen LogP contribution < -0.4 is 17.1 Å². The fourth-order valence-electron chi connectivity index (χ4n) is 3.80. The van der Waals surface area contributed by atoms with Crippen molar-refractivity contribution >= 4 is 7.60 Å². The summed E-state index contributed by atoms with van der Waals surface area (Å²) < 4.78 is 36.5. The van der Waals surface area contributed by atoms with Crippen molar-refractivity contribution in [1.29, 1.82) is 0 Å². The van der Waals surface area contributed by atoms with Crippen molar-refractivity contribution in [3.05, 3.63) is 32.6 Å². The summed E-state index contributed by atoms with van der Waals surface area (Å²) in [4.78, 5) is 30.9. The van der Waals surface area contributed by atoms with Crippen LogP contribution in [0.2, 0.25) is 0 Å². The molecule has 1 aromatic heterocycles. The highest BCUT2D eigenvalue weighted by molar-refractivity contribution is 7.52. The number of ether oxygens (including phenoxy) is 2. The fourth-order valence-corrected chi connectivity index (χ4v) is 4.75. The molecule has 0 saturated carbocycles. The van der Waals surface area contributed by atoms with Crippen molar-refractivity contribution in [2.24, 2.45) is 11.8 Å². The van der Waals surface area contributed by atoms with Gasteiger partial charge in [0.05, 0.1) is 25.4 Å². The number of aromatic nitrogens is 2. The molecule has 3 unspecified atom stereocenters. The Balaban J connectivity index is 1.58. The Labute approximate surface area is 174 Å². The number of aryl methyl sites for hydroxylation is 1. The highest BCUT2D eigenvalue weighted by Gasteiger charge is 2.39. The van der Waals surface area contributed by atoms with Gasteiger partial charge in [-0.05, 0) is 27.2 Å². The van der Waals surface area contributed by atoms with Crippen LogP contribution in [0.3, 0.4) is 0 Å². The van der Waals surface area contributed by atoms with E-state index in [2.05, 4.69) is 4.98 Å². The van der Waals surface area contributed by atoms with E-state index in [0.717, 1.165) is 6.42 Å². The fraction of sp³-hybridized carbons (Fsp3) is 0.778. The maximum atomic E-state index is 12.7. The second-order valence-electron chi connectivity index (χ2n) is 8.03. The molecular formula is C18H30N3O8P. The first-order valence-corrected chi connectivity index (χ1v) is 11.9. The Morgan fingerprint density at radius 2 is 1.93 bits per heavy atom. The second kappa shape index (κ2) is 9.44. The maximum Gasteiger partial charge on any atom is 0.330 e.